The Morgan fingerprint density at radius 1 is 0.534 bits per heavy atom. The Labute approximate surface area is 328 Å². The van der Waals surface area contributed by atoms with Gasteiger partial charge in [-0.3, -0.25) is 43.2 Å². The number of ketones is 2. The van der Waals surface area contributed by atoms with Crippen LogP contribution in [0.25, 0.3) is 0 Å². The maximum Gasteiger partial charge on any atom is 0.303 e. The molecule has 316 valence electrons. The number of esters is 7. The summed E-state index contributed by atoms with van der Waals surface area (Å²) in [6.07, 6.45) is -17.3. The number of aromatic hydroxyl groups is 2. The lowest BCUT2D eigenvalue weighted by Gasteiger charge is -2.48. The first-order valence-corrected chi connectivity index (χ1v) is 17.3. The molecule has 4 rings (SSSR count). The van der Waals surface area contributed by atoms with Gasteiger partial charge in [-0.05, 0) is 12.1 Å². The predicted molar refractivity (Wildman–Crippen MR) is 181 cm³/mol. The van der Waals surface area contributed by atoms with Gasteiger partial charge < -0.3 is 62.3 Å². The van der Waals surface area contributed by atoms with E-state index in [1.54, 1.807) is 0 Å². The Morgan fingerprint density at radius 3 is 1.41 bits per heavy atom. The number of phenolic OH excluding ortho intramolecular Hbond substituents is 2. The first kappa shape index (κ1) is 44.6. The SMILES string of the molecule is CC(=O)OC[C@H]1O[C@H](O[C@H]2[C@H](OC(C)=O)[C@@H](OC(C)=O)[C@H](OC3=CC(=O)c4c(O)ccc(O)c4C3=O)O[C@@H]2COC(C)=O)[C@H](OC(C)=O)[C@@H](OC(C)=O)[C@@H]1OC(C)=O. The lowest BCUT2D eigenvalue weighted by atomic mass is 9.91. The first-order chi connectivity index (χ1) is 27.2. The number of carbonyl (C=O) groups is 9. The molecule has 3 aliphatic rings. The van der Waals surface area contributed by atoms with Crippen LogP contribution in [0.5, 0.6) is 11.5 Å². The van der Waals surface area contributed by atoms with Crippen molar-refractivity contribution in [2.45, 2.75) is 110 Å². The van der Waals surface area contributed by atoms with Gasteiger partial charge in [-0.15, -0.1) is 0 Å². The van der Waals surface area contributed by atoms with Crippen molar-refractivity contribution in [1.82, 2.24) is 0 Å². The molecule has 0 saturated carbocycles. The third-order valence-electron chi connectivity index (χ3n) is 8.25. The maximum atomic E-state index is 13.6. The largest absolute Gasteiger partial charge is 0.507 e. The molecule has 2 saturated heterocycles. The van der Waals surface area contributed by atoms with Gasteiger partial charge >= 0.3 is 41.8 Å². The van der Waals surface area contributed by atoms with Crippen LogP contribution in [0.15, 0.2) is 24.0 Å². The van der Waals surface area contributed by atoms with Gasteiger partial charge in [0.25, 0.3) is 0 Å². The first-order valence-electron chi connectivity index (χ1n) is 17.3. The summed E-state index contributed by atoms with van der Waals surface area (Å²) in [6.45, 7) is 5.49. The molecule has 0 spiro atoms. The van der Waals surface area contributed by atoms with Crippen LogP contribution in [0.4, 0.5) is 0 Å². The predicted octanol–water partition coefficient (Wildman–Crippen LogP) is -0.00300. The number of fused-ring (bicyclic) bond motifs is 1. The molecule has 22 heteroatoms. The highest BCUT2D eigenvalue weighted by Crippen LogP contribution is 2.39. The fourth-order valence-corrected chi connectivity index (χ4v) is 6.22. The second kappa shape index (κ2) is 18.9. The van der Waals surface area contributed by atoms with E-state index >= 15 is 0 Å². The lowest BCUT2D eigenvalue weighted by molar-refractivity contribution is -0.358. The molecule has 1 aromatic carbocycles. The number of carbonyl (C=O) groups excluding carboxylic acids is 9. The molecule has 0 amide bonds. The minimum Gasteiger partial charge on any atom is -0.507 e. The van der Waals surface area contributed by atoms with Crippen molar-refractivity contribution in [3.63, 3.8) is 0 Å². The smallest absolute Gasteiger partial charge is 0.303 e. The number of allylic oxidation sites excluding steroid dienone is 2. The van der Waals surface area contributed by atoms with E-state index in [0.29, 0.717) is 6.08 Å². The molecule has 0 unspecified atom stereocenters. The van der Waals surface area contributed by atoms with Gasteiger partial charge in [0.15, 0.2) is 42.2 Å². The third-order valence-corrected chi connectivity index (χ3v) is 8.25. The van der Waals surface area contributed by atoms with Crippen molar-refractivity contribution in [3.8, 4) is 11.5 Å². The quantitative estimate of drug-likeness (QED) is 0.150. The number of phenols is 2. The second-order valence-corrected chi connectivity index (χ2v) is 12.8. The van der Waals surface area contributed by atoms with Gasteiger partial charge in [-0.2, -0.15) is 0 Å². The number of hydrogen-bond acceptors (Lipinski definition) is 22. The summed E-state index contributed by atoms with van der Waals surface area (Å²) in [5.74, 6) is -10.9. The molecule has 0 bridgehead atoms. The number of hydrogen-bond donors (Lipinski definition) is 2. The molecule has 2 aliphatic heterocycles. The van der Waals surface area contributed by atoms with Gasteiger partial charge in [0.1, 0.15) is 43.0 Å². The molecule has 0 radical (unpaired) electrons. The zero-order chi connectivity index (χ0) is 43.2. The summed E-state index contributed by atoms with van der Waals surface area (Å²) in [5.41, 5.74) is -1.18. The number of Topliss-reactive ketones (excluding diaryl/α,β-unsaturated/α-hetero) is 1. The van der Waals surface area contributed by atoms with Crippen LogP contribution in [-0.2, 0) is 85.7 Å². The van der Waals surface area contributed by atoms with Crippen molar-refractivity contribution in [1.29, 1.82) is 0 Å². The summed E-state index contributed by atoms with van der Waals surface area (Å²) in [6, 6.07) is 1.93. The summed E-state index contributed by atoms with van der Waals surface area (Å²) < 4.78 is 61.7. The summed E-state index contributed by atoms with van der Waals surface area (Å²) in [4.78, 5) is 113. The highest BCUT2D eigenvalue weighted by atomic mass is 16.8. The summed E-state index contributed by atoms with van der Waals surface area (Å²) >= 11 is 0. The van der Waals surface area contributed by atoms with Crippen LogP contribution in [0, 0.1) is 0 Å². The molecule has 2 heterocycles. The van der Waals surface area contributed by atoms with Crippen molar-refractivity contribution in [2.24, 2.45) is 0 Å². The molecule has 1 aromatic rings. The average molecular weight is 825 g/mol. The van der Waals surface area contributed by atoms with Crippen molar-refractivity contribution in [3.05, 3.63) is 35.1 Å². The highest BCUT2D eigenvalue weighted by molar-refractivity contribution is 6.25. The topological polar surface area (TPSA) is 296 Å². The fraction of sp³-hybridized carbons (Fsp3) is 0.528. The zero-order valence-corrected chi connectivity index (χ0v) is 32.0. The molecule has 10 atom stereocenters. The minimum absolute atomic E-state index is 0.540. The van der Waals surface area contributed by atoms with E-state index in [-0.39, 0.29) is 0 Å². The van der Waals surface area contributed by atoms with Crippen molar-refractivity contribution in [2.75, 3.05) is 13.2 Å². The van der Waals surface area contributed by atoms with Gasteiger partial charge in [0, 0.05) is 54.5 Å². The molecule has 2 N–H and O–H groups in total. The van der Waals surface area contributed by atoms with Crippen LogP contribution in [0.2, 0.25) is 0 Å². The van der Waals surface area contributed by atoms with E-state index in [2.05, 4.69) is 0 Å². The Hall–Kier alpha value is -6.13. The molecule has 0 aromatic heterocycles. The van der Waals surface area contributed by atoms with Gasteiger partial charge in [-0.1, -0.05) is 0 Å². The van der Waals surface area contributed by atoms with Crippen LogP contribution < -0.4 is 0 Å². The fourth-order valence-electron chi connectivity index (χ4n) is 6.22. The van der Waals surface area contributed by atoms with Crippen LogP contribution in [-0.4, -0.2) is 138 Å². The molecule has 1 aliphatic carbocycles. The third kappa shape index (κ3) is 10.8. The van der Waals surface area contributed by atoms with Crippen molar-refractivity contribution >= 4 is 53.4 Å². The highest BCUT2D eigenvalue weighted by Gasteiger charge is 2.58. The minimum atomic E-state index is -2.01. The lowest BCUT2D eigenvalue weighted by Crippen LogP contribution is -2.67. The number of rotatable bonds is 13. The van der Waals surface area contributed by atoms with Crippen LogP contribution in [0.3, 0.4) is 0 Å². The van der Waals surface area contributed by atoms with Gasteiger partial charge in [0.05, 0.1) is 11.1 Å². The van der Waals surface area contributed by atoms with E-state index in [1.807, 2.05) is 0 Å². The van der Waals surface area contributed by atoms with Crippen molar-refractivity contribution < 1.29 is 105 Å². The van der Waals surface area contributed by atoms with E-state index in [0.717, 1.165) is 60.6 Å². The Balaban J connectivity index is 1.84. The summed E-state index contributed by atoms with van der Waals surface area (Å²) in [5, 5.41) is 20.7. The monoisotopic (exact) mass is 824 g/mol. The van der Waals surface area contributed by atoms with Gasteiger partial charge in [-0.25, -0.2) is 0 Å². The second-order valence-electron chi connectivity index (χ2n) is 12.8. The Morgan fingerprint density at radius 2 is 0.931 bits per heavy atom. The summed E-state index contributed by atoms with van der Waals surface area (Å²) in [7, 11) is 0. The molecule has 22 nitrogen and oxygen atoms in total. The number of ether oxygens (including phenoxy) is 11. The van der Waals surface area contributed by atoms with E-state index in [1.165, 1.54) is 0 Å². The molecular weight excluding hydrogens is 784 g/mol. The normalized spacial score (nSPS) is 27.7. The van der Waals surface area contributed by atoms with E-state index in [9.17, 15) is 53.4 Å². The molecule has 2 fully saturated rings. The van der Waals surface area contributed by atoms with Crippen LogP contribution >= 0.6 is 0 Å². The zero-order valence-electron chi connectivity index (χ0n) is 32.0. The maximum absolute atomic E-state index is 13.6. The van der Waals surface area contributed by atoms with E-state index in [4.69, 9.17) is 52.1 Å². The molecular formula is C36H40O22. The Kier molecular flexibility index (Phi) is 14.5. The molecule has 58 heavy (non-hydrogen) atoms. The van der Waals surface area contributed by atoms with Crippen LogP contribution in [0.1, 0.15) is 69.2 Å². The standard InChI is InChI=1S/C36H40O22/c1-13(37)48-11-24-29(50-15(3)39)31(51-16(4)40)34(54-19(7)43)36(57-24)58-30-25(12-49-14(2)38)56-35(33(53-18(6)42)32(30)52-17(5)41)55-23-10-22(46)26-20(44)8-9-21(45)27(26)28(23)47/h8-10,24-25,29-36,44-45H,11-12H2,1-7H3/t24-,25-,29-,30-,31+,32+,33-,34-,35-,36-/m1/s1. The Bertz CT molecular complexity index is 1870. The number of benzene rings is 1. The van der Waals surface area contributed by atoms with E-state index < -0.39 is 156 Å². The average Bonchev–Trinajstić information content (AvgIpc) is 3.10. The van der Waals surface area contributed by atoms with Gasteiger partial charge in [0.2, 0.25) is 18.2 Å².